The molecule has 2 amide bonds. The van der Waals surface area contributed by atoms with Crippen molar-refractivity contribution in [2.75, 3.05) is 18.5 Å². The van der Waals surface area contributed by atoms with E-state index in [0.29, 0.717) is 5.69 Å². The Bertz CT molecular complexity index is 1050. The van der Waals surface area contributed by atoms with Gasteiger partial charge in [-0.2, -0.15) is 0 Å². The Balaban J connectivity index is 2.19. The molecule has 0 aliphatic heterocycles. The molecule has 0 aliphatic rings. The maximum Gasteiger partial charge on any atom is 0.355 e. The first-order chi connectivity index (χ1) is 15.0. The van der Waals surface area contributed by atoms with Crippen LogP contribution >= 0.6 is 7.60 Å². The van der Waals surface area contributed by atoms with Gasteiger partial charge >= 0.3 is 7.60 Å². The second kappa shape index (κ2) is 10.5. The third-order valence-electron chi connectivity index (χ3n) is 4.40. The molecule has 172 valence electrons. The Kier molecular flexibility index (Phi) is 8.26. The van der Waals surface area contributed by atoms with Crippen molar-refractivity contribution >= 4 is 30.8 Å². The summed E-state index contributed by atoms with van der Waals surface area (Å²) in [6, 6.07) is 11.4. The van der Waals surface area contributed by atoms with Crippen molar-refractivity contribution in [3.8, 4) is 0 Å². The lowest BCUT2D eigenvalue weighted by atomic mass is 10.1. The van der Waals surface area contributed by atoms with E-state index >= 15 is 0 Å². The van der Waals surface area contributed by atoms with Crippen LogP contribution in [0.15, 0.2) is 48.5 Å². The lowest BCUT2D eigenvalue weighted by Crippen LogP contribution is -2.44. The van der Waals surface area contributed by atoms with E-state index in [4.69, 9.17) is 9.05 Å². The van der Waals surface area contributed by atoms with Crippen LogP contribution in [0.4, 0.5) is 11.4 Å². The van der Waals surface area contributed by atoms with Crippen LogP contribution in [0.2, 0.25) is 0 Å². The molecule has 2 N–H and O–H groups in total. The lowest BCUT2D eigenvalue weighted by Gasteiger charge is -2.33. The van der Waals surface area contributed by atoms with Gasteiger partial charge in [-0.05, 0) is 52.0 Å². The third kappa shape index (κ3) is 6.00. The maximum absolute atomic E-state index is 13.1. The molecule has 0 aromatic heterocycles. The number of rotatable bonds is 10. The molecule has 0 aliphatic carbocycles. The van der Waals surface area contributed by atoms with Gasteiger partial charge in [-0.25, -0.2) is 0 Å². The van der Waals surface area contributed by atoms with Crippen LogP contribution in [0.5, 0.6) is 0 Å². The molecule has 0 saturated carbocycles. The van der Waals surface area contributed by atoms with Crippen LogP contribution in [-0.2, 0) is 13.6 Å². The first kappa shape index (κ1) is 25.2. The molecule has 0 atom stereocenters. The summed E-state index contributed by atoms with van der Waals surface area (Å²) in [7, 11) is -3.64. The zero-order chi connectivity index (χ0) is 23.9. The predicted octanol–water partition coefficient (Wildman–Crippen LogP) is 4.58. The van der Waals surface area contributed by atoms with E-state index in [0.717, 1.165) is 6.07 Å². The van der Waals surface area contributed by atoms with Gasteiger partial charge in [0.2, 0.25) is 0 Å². The summed E-state index contributed by atoms with van der Waals surface area (Å²) in [6.45, 7) is 6.75. The molecule has 10 nitrogen and oxygen atoms in total. The Hall–Kier alpha value is -3.07. The van der Waals surface area contributed by atoms with Crippen molar-refractivity contribution < 1.29 is 28.1 Å². The number of carbonyl (C=O) groups excluding carboxylic acids is 2. The van der Waals surface area contributed by atoms with Gasteiger partial charge in [-0.15, -0.1) is 0 Å². The zero-order valence-electron chi connectivity index (χ0n) is 18.3. The van der Waals surface area contributed by atoms with E-state index in [2.05, 4.69) is 10.6 Å². The van der Waals surface area contributed by atoms with E-state index < -0.39 is 29.6 Å². The highest BCUT2D eigenvalue weighted by atomic mass is 31.2. The molecule has 2 aromatic rings. The van der Waals surface area contributed by atoms with Crippen molar-refractivity contribution in [2.24, 2.45) is 0 Å². The minimum absolute atomic E-state index is 0.101. The maximum atomic E-state index is 13.1. The summed E-state index contributed by atoms with van der Waals surface area (Å²) < 4.78 is 23.8. The van der Waals surface area contributed by atoms with E-state index in [1.807, 2.05) is 0 Å². The van der Waals surface area contributed by atoms with Gasteiger partial charge < -0.3 is 19.7 Å². The van der Waals surface area contributed by atoms with Gasteiger partial charge in [-0.3, -0.25) is 24.3 Å². The number of hydrogen-bond acceptors (Lipinski definition) is 7. The quantitative estimate of drug-likeness (QED) is 0.299. The van der Waals surface area contributed by atoms with E-state index in [-0.39, 0.29) is 30.0 Å². The van der Waals surface area contributed by atoms with E-state index in [1.165, 1.54) is 30.3 Å². The standard InChI is InChI=1S/C21H26N3O7P/c1-5-30-32(29,31-6-2)21(3,4)23-20(26)15-9-7-11-17(13-15)22-19(25)16-10-8-12-18(14-16)24(27)28/h7-14H,5-6H2,1-4H3,(H,22,25)(H,23,26). The molecule has 0 fully saturated rings. The highest BCUT2D eigenvalue weighted by Crippen LogP contribution is 2.58. The molecule has 0 unspecified atom stereocenters. The summed E-state index contributed by atoms with van der Waals surface area (Å²) in [5.41, 5.74) is 0.407. The topological polar surface area (TPSA) is 137 Å². The minimum Gasteiger partial charge on any atom is -0.336 e. The lowest BCUT2D eigenvalue weighted by molar-refractivity contribution is -0.384. The normalized spacial score (nSPS) is 11.6. The minimum atomic E-state index is -3.64. The Morgan fingerprint density at radius 1 is 1.00 bits per heavy atom. The number of non-ortho nitro benzene ring substituents is 1. The molecule has 32 heavy (non-hydrogen) atoms. The third-order valence-corrected chi connectivity index (χ3v) is 7.08. The van der Waals surface area contributed by atoms with Crippen LogP contribution in [-0.4, -0.2) is 35.2 Å². The number of carbonyl (C=O) groups is 2. The van der Waals surface area contributed by atoms with Crippen molar-refractivity contribution in [3.05, 3.63) is 69.8 Å². The van der Waals surface area contributed by atoms with E-state index in [1.54, 1.807) is 39.8 Å². The molecule has 11 heteroatoms. The molecule has 0 saturated heterocycles. The average Bonchev–Trinajstić information content (AvgIpc) is 2.74. The largest absolute Gasteiger partial charge is 0.355 e. The first-order valence-corrected chi connectivity index (χ1v) is 11.4. The number of hydrogen-bond donors (Lipinski definition) is 2. The zero-order valence-corrected chi connectivity index (χ0v) is 19.2. The van der Waals surface area contributed by atoms with Crippen molar-refractivity contribution in [3.63, 3.8) is 0 Å². The van der Waals surface area contributed by atoms with Gasteiger partial charge in [-0.1, -0.05) is 12.1 Å². The number of nitrogens with zero attached hydrogens (tertiary/aromatic N) is 1. The predicted molar refractivity (Wildman–Crippen MR) is 120 cm³/mol. The van der Waals surface area contributed by atoms with Crippen LogP contribution in [0.3, 0.4) is 0 Å². The number of nitrogens with one attached hydrogen (secondary N) is 2. The van der Waals surface area contributed by atoms with Crippen molar-refractivity contribution in [1.82, 2.24) is 5.32 Å². The summed E-state index contributed by atoms with van der Waals surface area (Å²) in [5.74, 6) is -1.11. The number of nitro benzene ring substituents is 1. The highest BCUT2D eigenvalue weighted by molar-refractivity contribution is 7.55. The fourth-order valence-electron chi connectivity index (χ4n) is 2.82. The van der Waals surface area contributed by atoms with Crippen molar-refractivity contribution in [2.45, 2.75) is 33.0 Å². The van der Waals surface area contributed by atoms with E-state index in [9.17, 15) is 24.3 Å². The molecule has 0 heterocycles. The summed E-state index contributed by atoms with van der Waals surface area (Å²) in [4.78, 5) is 35.6. The second-order valence-corrected chi connectivity index (χ2v) is 9.82. The van der Waals surface area contributed by atoms with Gasteiger partial charge in [0.05, 0.1) is 18.1 Å². The number of nitro groups is 1. The number of benzene rings is 2. The van der Waals surface area contributed by atoms with Crippen LogP contribution in [0, 0.1) is 10.1 Å². The Morgan fingerprint density at radius 2 is 1.56 bits per heavy atom. The smallest absolute Gasteiger partial charge is 0.336 e. The summed E-state index contributed by atoms with van der Waals surface area (Å²) in [5, 5.41) is 14.9. The number of amides is 2. The van der Waals surface area contributed by atoms with Crippen LogP contribution in [0.25, 0.3) is 0 Å². The molecular formula is C21H26N3O7P. The van der Waals surface area contributed by atoms with Gasteiger partial charge in [0.1, 0.15) is 5.28 Å². The molecule has 0 bridgehead atoms. The first-order valence-electron chi connectivity index (χ1n) is 9.90. The fraction of sp³-hybridized carbons (Fsp3) is 0.333. The summed E-state index contributed by atoms with van der Waals surface area (Å²) >= 11 is 0. The van der Waals surface area contributed by atoms with Gasteiger partial charge in [0.25, 0.3) is 17.5 Å². The van der Waals surface area contributed by atoms with Crippen molar-refractivity contribution in [1.29, 1.82) is 0 Å². The van der Waals surface area contributed by atoms with Crippen LogP contribution < -0.4 is 10.6 Å². The Morgan fingerprint density at radius 3 is 2.12 bits per heavy atom. The van der Waals surface area contributed by atoms with Crippen LogP contribution in [0.1, 0.15) is 48.4 Å². The molecule has 0 radical (unpaired) electrons. The SMILES string of the molecule is CCOP(=O)(OCC)C(C)(C)NC(=O)c1cccc(NC(=O)c2cccc([N+](=O)[O-])c2)c1. The van der Waals surface area contributed by atoms with Gasteiger partial charge in [0.15, 0.2) is 0 Å². The Labute approximate surface area is 186 Å². The highest BCUT2D eigenvalue weighted by Gasteiger charge is 2.44. The molecule has 0 spiro atoms. The molecule has 2 aromatic carbocycles. The summed E-state index contributed by atoms with van der Waals surface area (Å²) in [6.07, 6.45) is 0. The average molecular weight is 463 g/mol. The monoisotopic (exact) mass is 463 g/mol. The molecular weight excluding hydrogens is 437 g/mol. The second-order valence-electron chi connectivity index (χ2n) is 7.19. The molecule has 2 rings (SSSR count). The number of anilines is 1. The van der Waals surface area contributed by atoms with Gasteiger partial charge in [0, 0.05) is 28.9 Å². The fourth-order valence-corrected chi connectivity index (χ4v) is 4.46.